The van der Waals surface area contributed by atoms with E-state index in [0.29, 0.717) is 0 Å². The smallest absolute Gasteiger partial charge is 0.0753 e. The number of rotatable bonds is 1. The molecule has 0 aromatic rings. The van der Waals surface area contributed by atoms with Gasteiger partial charge in [-0.25, -0.2) is 0 Å². The Hall–Kier alpha value is 0.350. The van der Waals surface area contributed by atoms with Crippen LogP contribution in [-0.4, -0.2) is 27.9 Å². The monoisotopic (exact) mass is 296 g/mol. The summed E-state index contributed by atoms with van der Waals surface area (Å²) < 4.78 is 0.965. The second-order valence-corrected chi connectivity index (χ2v) is 5.44. The Morgan fingerprint density at radius 1 is 1.31 bits per heavy atom. The summed E-state index contributed by atoms with van der Waals surface area (Å²) >= 11 is 2.16. The van der Waals surface area contributed by atoms with Gasteiger partial charge in [0.1, 0.15) is 0 Å². The number of aliphatic hydroxyl groups excluding tert-OH is 1. The Morgan fingerprint density at radius 3 is 1.92 bits per heavy atom. The highest BCUT2D eigenvalue weighted by atomic mass is 127. The number of hydrogen-bond acceptors (Lipinski definition) is 2. The van der Waals surface area contributed by atoms with Crippen LogP contribution in [0, 0.1) is 0 Å². The lowest BCUT2D eigenvalue weighted by Gasteiger charge is -2.33. The SMILES string of the molecule is CC1(C)C(I)=C(CO)C(C)(C)N1[O]. The summed E-state index contributed by atoms with van der Waals surface area (Å²) in [6, 6.07) is 0. The van der Waals surface area contributed by atoms with Crippen LogP contribution >= 0.6 is 22.6 Å². The van der Waals surface area contributed by atoms with E-state index in [1.54, 1.807) is 0 Å². The molecule has 1 aliphatic heterocycles. The Kier molecular flexibility index (Phi) is 2.80. The predicted octanol–water partition coefficient (Wildman–Crippen LogP) is 1.89. The van der Waals surface area contributed by atoms with Crippen LogP contribution in [0.1, 0.15) is 27.7 Å². The van der Waals surface area contributed by atoms with Crippen molar-refractivity contribution in [3.8, 4) is 0 Å². The summed E-state index contributed by atoms with van der Waals surface area (Å²) in [5.74, 6) is 0. The molecule has 0 aliphatic carbocycles. The minimum atomic E-state index is -0.575. The third-order valence-electron chi connectivity index (χ3n) is 2.71. The molecule has 0 saturated carbocycles. The van der Waals surface area contributed by atoms with Gasteiger partial charge in [-0.1, -0.05) is 0 Å². The van der Waals surface area contributed by atoms with E-state index in [9.17, 15) is 10.3 Å². The van der Waals surface area contributed by atoms with Gasteiger partial charge in [-0.05, 0) is 55.9 Å². The average Bonchev–Trinajstić information content (AvgIpc) is 2.12. The van der Waals surface area contributed by atoms with Crippen molar-refractivity contribution >= 4 is 22.6 Å². The molecule has 0 saturated heterocycles. The van der Waals surface area contributed by atoms with Crippen molar-refractivity contribution < 1.29 is 10.3 Å². The fourth-order valence-electron chi connectivity index (χ4n) is 1.81. The van der Waals surface area contributed by atoms with Crippen molar-refractivity contribution in [1.29, 1.82) is 0 Å². The molecule has 0 aromatic carbocycles. The Balaban J connectivity index is 3.23. The average molecular weight is 296 g/mol. The number of hydroxylamine groups is 2. The summed E-state index contributed by atoms with van der Waals surface area (Å²) in [4.78, 5) is 0. The lowest BCUT2D eigenvalue weighted by atomic mass is 9.97. The molecule has 13 heavy (non-hydrogen) atoms. The van der Waals surface area contributed by atoms with Gasteiger partial charge in [-0.2, -0.15) is 0 Å². The molecule has 1 N–H and O–H groups in total. The minimum absolute atomic E-state index is 0.0343. The van der Waals surface area contributed by atoms with Gasteiger partial charge in [-0.15, -0.1) is 10.3 Å². The molecule has 75 valence electrons. The molecule has 4 heteroatoms. The number of nitrogens with zero attached hydrogens (tertiary/aromatic N) is 1. The summed E-state index contributed by atoms with van der Waals surface area (Å²) in [5.41, 5.74) is -0.232. The molecule has 1 aliphatic rings. The zero-order valence-electron chi connectivity index (χ0n) is 8.39. The van der Waals surface area contributed by atoms with Crippen LogP contribution in [0.25, 0.3) is 0 Å². The Morgan fingerprint density at radius 2 is 1.77 bits per heavy atom. The third-order valence-corrected chi connectivity index (χ3v) is 4.69. The van der Waals surface area contributed by atoms with E-state index in [0.717, 1.165) is 14.2 Å². The van der Waals surface area contributed by atoms with Gasteiger partial charge in [0.25, 0.3) is 0 Å². The Labute approximate surface area is 92.5 Å². The molecule has 3 nitrogen and oxygen atoms in total. The fourth-order valence-corrected chi connectivity index (χ4v) is 2.86. The van der Waals surface area contributed by atoms with E-state index >= 15 is 0 Å². The van der Waals surface area contributed by atoms with Crippen LogP contribution < -0.4 is 0 Å². The maximum absolute atomic E-state index is 11.9. The van der Waals surface area contributed by atoms with E-state index in [4.69, 9.17) is 0 Å². The van der Waals surface area contributed by atoms with Crippen molar-refractivity contribution in [1.82, 2.24) is 5.06 Å². The van der Waals surface area contributed by atoms with Crippen LogP contribution in [0.15, 0.2) is 9.15 Å². The first kappa shape index (κ1) is 11.4. The summed E-state index contributed by atoms with van der Waals surface area (Å²) in [6.07, 6.45) is 0. The van der Waals surface area contributed by atoms with Crippen LogP contribution in [0.3, 0.4) is 0 Å². The van der Waals surface area contributed by atoms with E-state index in [-0.39, 0.29) is 6.61 Å². The van der Waals surface area contributed by atoms with Gasteiger partial charge in [0, 0.05) is 3.58 Å². The molecule has 1 rings (SSSR count). The van der Waals surface area contributed by atoms with Gasteiger partial charge in [0.05, 0.1) is 17.7 Å². The zero-order chi connectivity index (χ0) is 10.4. The van der Waals surface area contributed by atoms with E-state index in [1.165, 1.54) is 0 Å². The van der Waals surface area contributed by atoms with Crippen molar-refractivity contribution in [2.45, 2.75) is 38.8 Å². The third kappa shape index (κ3) is 1.44. The molecule has 1 heterocycles. The van der Waals surface area contributed by atoms with Crippen molar-refractivity contribution in [3.05, 3.63) is 9.15 Å². The molecule has 0 bridgehead atoms. The quantitative estimate of drug-likeness (QED) is 0.751. The van der Waals surface area contributed by atoms with Gasteiger partial charge in [0.2, 0.25) is 0 Å². The summed E-state index contributed by atoms with van der Waals surface area (Å²) in [5, 5.41) is 22.1. The van der Waals surface area contributed by atoms with Crippen LogP contribution in [0.4, 0.5) is 0 Å². The highest BCUT2D eigenvalue weighted by Gasteiger charge is 2.50. The molecule has 0 spiro atoms. The highest BCUT2D eigenvalue weighted by Crippen LogP contribution is 2.46. The van der Waals surface area contributed by atoms with Gasteiger partial charge < -0.3 is 5.11 Å². The van der Waals surface area contributed by atoms with Crippen LogP contribution in [0.5, 0.6) is 0 Å². The maximum atomic E-state index is 11.9. The van der Waals surface area contributed by atoms with Gasteiger partial charge >= 0.3 is 0 Å². The van der Waals surface area contributed by atoms with E-state index in [1.807, 2.05) is 27.7 Å². The zero-order valence-corrected chi connectivity index (χ0v) is 10.5. The minimum Gasteiger partial charge on any atom is -0.392 e. The van der Waals surface area contributed by atoms with Crippen molar-refractivity contribution in [2.75, 3.05) is 6.61 Å². The highest BCUT2D eigenvalue weighted by molar-refractivity contribution is 14.1. The number of halogens is 1. The number of aliphatic hydroxyl groups is 1. The first-order chi connectivity index (χ1) is 5.76. The summed E-state index contributed by atoms with van der Waals surface area (Å²) in [7, 11) is 0. The number of hydrogen-bond donors (Lipinski definition) is 1. The molecular formula is C9H15INO2. The van der Waals surface area contributed by atoms with Gasteiger partial charge in [0.15, 0.2) is 0 Å². The molecule has 0 fully saturated rings. The van der Waals surface area contributed by atoms with Crippen molar-refractivity contribution in [2.24, 2.45) is 0 Å². The predicted molar refractivity (Wildman–Crippen MR) is 58.8 cm³/mol. The largest absolute Gasteiger partial charge is 0.392 e. The van der Waals surface area contributed by atoms with Crippen LogP contribution in [-0.2, 0) is 5.21 Å². The molecule has 0 amide bonds. The molecular weight excluding hydrogens is 281 g/mol. The topological polar surface area (TPSA) is 43.4 Å². The van der Waals surface area contributed by atoms with Gasteiger partial charge in [-0.3, -0.25) is 0 Å². The first-order valence-electron chi connectivity index (χ1n) is 4.24. The fraction of sp³-hybridized carbons (Fsp3) is 0.778. The molecule has 0 unspecified atom stereocenters. The normalized spacial score (nSPS) is 27.0. The van der Waals surface area contributed by atoms with Crippen molar-refractivity contribution in [3.63, 3.8) is 0 Å². The second-order valence-electron chi connectivity index (χ2n) is 4.36. The standard InChI is InChI=1S/C9H15INO2/c1-8(2)6(5-12)7(10)9(3,4)11(8)13/h12H,5H2,1-4H3. The van der Waals surface area contributed by atoms with E-state index < -0.39 is 11.1 Å². The summed E-state index contributed by atoms with van der Waals surface area (Å²) in [6.45, 7) is 7.42. The molecule has 0 atom stereocenters. The molecule has 0 aromatic heterocycles. The first-order valence-corrected chi connectivity index (χ1v) is 5.32. The van der Waals surface area contributed by atoms with Crippen LogP contribution in [0.2, 0.25) is 0 Å². The maximum Gasteiger partial charge on any atom is 0.0753 e. The molecule has 1 radical (unpaired) electrons. The van der Waals surface area contributed by atoms with E-state index in [2.05, 4.69) is 22.6 Å². The lowest BCUT2D eigenvalue weighted by molar-refractivity contribution is -0.239. The second kappa shape index (κ2) is 3.18. The lowest BCUT2D eigenvalue weighted by Crippen LogP contribution is -2.47. The Bertz CT molecular complexity index is 258.